The van der Waals surface area contributed by atoms with Crippen molar-refractivity contribution in [3.05, 3.63) is 313 Å². The van der Waals surface area contributed by atoms with Crippen LogP contribution in [0.3, 0.4) is 0 Å². The number of hydrogen-bond acceptors (Lipinski definition) is 1. The monoisotopic (exact) mass is 952 g/mol. The number of benzene rings is 13. The molecular weight excluding hydrogens is 905 g/mol. The molecule has 0 aliphatic heterocycles. The number of fused-ring (bicyclic) bond motifs is 11. The third kappa shape index (κ3) is 6.66. The molecule has 14 aromatic rings. The van der Waals surface area contributed by atoms with Crippen LogP contribution < -0.4 is 4.90 Å². The molecule has 1 heterocycles. The van der Waals surface area contributed by atoms with E-state index in [4.69, 9.17) is 0 Å². The summed E-state index contributed by atoms with van der Waals surface area (Å²) in [6, 6.07) is 108. The lowest BCUT2D eigenvalue weighted by Gasteiger charge is -2.34. The van der Waals surface area contributed by atoms with Crippen molar-refractivity contribution >= 4 is 71.2 Å². The molecule has 0 saturated carbocycles. The summed E-state index contributed by atoms with van der Waals surface area (Å²) in [5, 5.41) is 10.0. The quantitative estimate of drug-likeness (QED) is 0.138. The summed E-state index contributed by atoms with van der Waals surface area (Å²) in [6.45, 7) is 0. The Morgan fingerprint density at radius 3 is 1.49 bits per heavy atom. The molecule has 0 radical (unpaired) electrons. The molecule has 0 saturated heterocycles. The zero-order valence-corrected chi connectivity index (χ0v) is 41.1. The summed E-state index contributed by atoms with van der Waals surface area (Å²) in [5.74, 6) is 0. The highest BCUT2D eigenvalue weighted by atomic mass is 15.1. The van der Waals surface area contributed by atoms with Gasteiger partial charge in [0.05, 0.1) is 22.1 Å². The van der Waals surface area contributed by atoms with Gasteiger partial charge < -0.3 is 9.47 Å². The molecule has 2 heteroatoms. The van der Waals surface area contributed by atoms with E-state index in [0.29, 0.717) is 0 Å². The molecule has 1 aliphatic rings. The van der Waals surface area contributed by atoms with Crippen molar-refractivity contribution in [1.29, 1.82) is 0 Å². The first-order valence-corrected chi connectivity index (χ1v) is 26.0. The predicted octanol–water partition coefficient (Wildman–Crippen LogP) is 19.4. The van der Waals surface area contributed by atoms with Crippen LogP contribution in [0.15, 0.2) is 291 Å². The molecule has 2 nitrogen and oxygen atoms in total. The second-order valence-corrected chi connectivity index (χ2v) is 20.0. The Kier molecular flexibility index (Phi) is 9.83. The van der Waals surface area contributed by atoms with Gasteiger partial charge in [-0.3, -0.25) is 0 Å². The van der Waals surface area contributed by atoms with Crippen molar-refractivity contribution in [1.82, 2.24) is 4.57 Å². The van der Waals surface area contributed by atoms with Gasteiger partial charge in [-0.2, -0.15) is 0 Å². The lowest BCUT2D eigenvalue weighted by molar-refractivity contribution is 0.768. The maximum atomic E-state index is 2.48. The fourth-order valence-electron chi connectivity index (χ4n) is 12.7. The molecule has 350 valence electrons. The van der Waals surface area contributed by atoms with E-state index in [2.05, 4.69) is 301 Å². The zero-order valence-electron chi connectivity index (χ0n) is 41.1. The summed E-state index contributed by atoms with van der Waals surface area (Å²) in [4.78, 5) is 2.48. The van der Waals surface area contributed by atoms with Crippen molar-refractivity contribution in [3.63, 3.8) is 0 Å². The third-order valence-corrected chi connectivity index (χ3v) is 16.0. The van der Waals surface area contributed by atoms with E-state index >= 15 is 0 Å². The van der Waals surface area contributed by atoms with Crippen LogP contribution in [-0.2, 0) is 5.41 Å². The Morgan fingerprint density at radius 2 is 0.800 bits per heavy atom. The van der Waals surface area contributed by atoms with Gasteiger partial charge in [-0.05, 0) is 132 Å². The Hall–Kier alpha value is -9.76. The van der Waals surface area contributed by atoms with Crippen molar-refractivity contribution in [2.75, 3.05) is 4.90 Å². The van der Waals surface area contributed by atoms with Crippen LogP contribution in [0.5, 0.6) is 0 Å². The molecular formula is C73H48N2. The number of aromatic nitrogens is 1. The lowest BCUT2D eigenvalue weighted by atomic mass is 9.68. The molecule has 0 unspecified atom stereocenters. The van der Waals surface area contributed by atoms with E-state index in [1.807, 2.05) is 0 Å². The van der Waals surface area contributed by atoms with E-state index in [1.165, 1.54) is 104 Å². The van der Waals surface area contributed by atoms with Crippen LogP contribution >= 0.6 is 0 Å². The zero-order chi connectivity index (χ0) is 49.5. The number of para-hydroxylation sites is 1. The highest BCUT2D eigenvalue weighted by Gasteiger charge is 2.47. The fourth-order valence-corrected chi connectivity index (χ4v) is 12.7. The molecule has 0 N–H and O–H groups in total. The molecule has 0 spiro atoms. The topological polar surface area (TPSA) is 8.17 Å². The summed E-state index contributed by atoms with van der Waals surface area (Å²) in [6.07, 6.45) is 0. The second kappa shape index (κ2) is 17.2. The lowest BCUT2D eigenvalue weighted by Crippen LogP contribution is -2.28. The number of nitrogens with zero attached hydrogens (tertiary/aromatic N) is 2. The first kappa shape index (κ1) is 42.9. The van der Waals surface area contributed by atoms with Crippen molar-refractivity contribution < 1.29 is 0 Å². The summed E-state index contributed by atoms with van der Waals surface area (Å²) < 4.78 is 2.45. The molecule has 0 amide bonds. The summed E-state index contributed by atoms with van der Waals surface area (Å²) in [5.41, 5.74) is 18.6. The van der Waals surface area contributed by atoms with Gasteiger partial charge >= 0.3 is 0 Å². The van der Waals surface area contributed by atoms with Crippen LogP contribution in [0.4, 0.5) is 17.1 Å². The van der Waals surface area contributed by atoms with Crippen molar-refractivity contribution in [2.24, 2.45) is 0 Å². The molecule has 0 fully saturated rings. The molecule has 1 aliphatic carbocycles. The van der Waals surface area contributed by atoms with Crippen molar-refractivity contribution in [2.45, 2.75) is 5.41 Å². The normalized spacial score (nSPS) is 12.6. The number of rotatable bonds is 8. The fraction of sp³-hybridized carbons (Fsp3) is 0.0137. The van der Waals surface area contributed by atoms with Gasteiger partial charge in [0.25, 0.3) is 0 Å². The average Bonchev–Trinajstić information content (AvgIpc) is 3.99. The minimum atomic E-state index is -0.529. The first-order chi connectivity index (χ1) is 37.2. The van der Waals surface area contributed by atoms with E-state index in [9.17, 15) is 0 Å². The first-order valence-electron chi connectivity index (χ1n) is 26.0. The largest absolute Gasteiger partial charge is 0.310 e. The van der Waals surface area contributed by atoms with Crippen LogP contribution in [-0.4, -0.2) is 4.57 Å². The average molecular weight is 953 g/mol. The van der Waals surface area contributed by atoms with Crippen LogP contribution in [0.25, 0.3) is 93.2 Å². The highest BCUT2D eigenvalue weighted by molar-refractivity contribution is 6.19. The van der Waals surface area contributed by atoms with Gasteiger partial charge in [0.2, 0.25) is 0 Å². The Labute approximate surface area is 436 Å². The highest BCUT2D eigenvalue weighted by Crippen LogP contribution is 2.59. The van der Waals surface area contributed by atoms with Gasteiger partial charge in [0, 0.05) is 38.8 Å². The molecule has 13 aromatic carbocycles. The smallest absolute Gasteiger partial charge is 0.0714 e. The Bertz CT molecular complexity index is 4460. The minimum absolute atomic E-state index is 0.529. The van der Waals surface area contributed by atoms with Gasteiger partial charge in [-0.1, -0.05) is 237 Å². The minimum Gasteiger partial charge on any atom is -0.310 e. The van der Waals surface area contributed by atoms with E-state index < -0.39 is 5.41 Å². The van der Waals surface area contributed by atoms with Crippen LogP contribution in [0.1, 0.15) is 22.3 Å². The van der Waals surface area contributed by atoms with E-state index in [0.717, 1.165) is 28.3 Å². The maximum absolute atomic E-state index is 2.48. The Balaban J connectivity index is 0.905. The number of hydrogen-bond donors (Lipinski definition) is 0. The van der Waals surface area contributed by atoms with Crippen LogP contribution in [0, 0.1) is 0 Å². The molecule has 0 bridgehead atoms. The third-order valence-electron chi connectivity index (χ3n) is 16.0. The van der Waals surface area contributed by atoms with Gasteiger partial charge in [0.15, 0.2) is 0 Å². The van der Waals surface area contributed by atoms with Gasteiger partial charge in [0.1, 0.15) is 0 Å². The second-order valence-electron chi connectivity index (χ2n) is 20.0. The summed E-state index contributed by atoms with van der Waals surface area (Å²) >= 11 is 0. The van der Waals surface area contributed by atoms with E-state index in [-0.39, 0.29) is 0 Å². The standard InChI is InChI=1S/C73H48N2/c1-4-19-56(20-5-1)73(57-21-6-2-7-22-57)67-28-15-14-27-66(67)71-68(73)29-16-30-69(71)74(59-40-33-49(34-41-59)53-38-44-62-55(47-53)32-31-51-17-10-12-25-61(51)62)60-42-35-50(36-43-60)54-39-45-64-65-46-37-52-18-11-13-26-63(52)72(65)75(70(64)48-54)58-23-8-3-9-24-58/h1-48H. The molecule has 75 heavy (non-hydrogen) atoms. The molecule has 15 rings (SSSR count). The Morgan fingerprint density at radius 1 is 0.307 bits per heavy atom. The molecule has 0 atom stereocenters. The maximum Gasteiger partial charge on any atom is 0.0714 e. The predicted molar refractivity (Wildman–Crippen MR) is 316 cm³/mol. The SMILES string of the molecule is c1ccc(-n2c3cc(-c4ccc(N(c5ccc(-c6ccc7c(ccc8ccccc87)c6)cc5)c5cccc6c5-c5ccccc5C6(c5ccccc5)c5ccccc5)cc4)ccc3c3ccc4ccccc4c32)cc1. The van der Waals surface area contributed by atoms with E-state index in [1.54, 1.807) is 0 Å². The van der Waals surface area contributed by atoms with Crippen LogP contribution in [0.2, 0.25) is 0 Å². The van der Waals surface area contributed by atoms with Gasteiger partial charge in [-0.25, -0.2) is 0 Å². The summed E-state index contributed by atoms with van der Waals surface area (Å²) in [7, 11) is 0. The van der Waals surface area contributed by atoms with Crippen molar-refractivity contribution in [3.8, 4) is 39.1 Å². The van der Waals surface area contributed by atoms with Gasteiger partial charge in [-0.15, -0.1) is 0 Å². The molecule has 1 aromatic heterocycles. The number of anilines is 3.